The van der Waals surface area contributed by atoms with E-state index < -0.39 is 0 Å². The molecule has 1 rings (SSSR count). The molecule has 2 N–H and O–H groups in total. The molecule has 0 bridgehead atoms. The van der Waals surface area contributed by atoms with Crippen LogP contribution in [0.3, 0.4) is 0 Å². The summed E-state index contributed by atoms with van der Waals surface area (Å²) in [5.74, 6) is 0. The van der Waals surface area contributed by atoms with Crippen LogP contribution in [0.15, 0.2) is 0 Å². The van der Waals surface area contributed by atoms with Crippen molar-refractivity contribution in [2.45, 2.75) is 51.5 Å². The molecule has 1 unspecified atom stereocenters. The van der Waals surface area contributed by atoms with E-state index in [0.29, 0.717) is 6.04 Å². The van der Waals surface area contributed by atoms with E-state index in [9.17, 15) is 0 Å². The van der Waals surface area contributed by atoms with Crippen LogP contribution in [-0.2, 0) is 0 Å². The Morgan fingerprint density at radius 1 is 1.15 bits per heavy atom. The van der Waals surface area contributed by atoms with Gasteiger partial charge < -0.3 is 10.6 Å². The highest BCUT2D eigenvalue weighted by molar-refractivity contribution is 4.68. The molecule has 0 amide bonds. The molecule has 0 aromatic heterocycles. The molecule has 0 spiro atoms. The third kappa shape index (κ3) is 4.63. The van der Waals surface area contributed by atoms with Crippen LogP contribution in [0.25, 0.3) is 0 Å². The molecule has 1 atom stereocenters. The minimum Gasteiger partial charge on any atom is -0.328 e. The average molecular weight is 184 g/mol. The highest BCUT2D eigenvalue weighted by Crippen LogP contribution is 2.09. The molecule has 1 saturated heterocycles. The Morgan fingerprint density at radius 3 is 2.46 bits per heavy atom. The highest BCUT2D eigenvalue weighted by Gasteiger charge is 2.10. The SMILES string of the molecule is CCCC(N)CCN1CCCCC1. The Morgan fingerprint density at radius 2 is 1.85 bits per heavy atom. The molecule has 1 aliphatic heterocycles. The minimum absolute atomic E-state index is 0.437. The van der Waals surface area contributed by atoms with Crippen LogP contribution in [0.5, 0.6) is 0 Å². The molecule has 0 aromatic rings. The van der Waals surface area contributed by atoms with Gasteiger partial charge in [-0.3, -0.25) is 0 Å². The second-order valence-corrected chi connectivity index (χ2v) is 4.24. The number of piperidine rings is 1. The number of hydrogen-bond donors (Lipinski definition) is 1. The monoisotopic (exact) mass is 184 g/mol. The maximum absolute atomic E-state index is 5.97. The van der Waals surface area contributed by atoms with E-state index in [2.05, 4.69) is 11.8 Å². The van der Waals surface area contributed by atoms with Crippen molar-refractivity contribution in [3.8, 4) is 0 Å². The van der Waals surface area contributed by atoms with Gasteiger partial charge in [0.2, 0.25) is 0 Å². The van der Waals surface area contributed by atoms with Gasteiger partial charge >= 0.3 is 0 Å². The fourth-order valence-electron chi connectivity index (χ4n) is 2.05. The number of likely N-dealkylation sites (tertiary alicyclic amines) is 1. The molecular formula is C11H24N2. The summed E-state index contributed by atoms with van der Waals surface area (Å²) in [6.07, 6.45) is 7.81. The molecule has 78 valence electrons. The number of nitrogens with zero attached hydrogens (tertiary/aromatic N) is 1. The molecule has 1 heterocycles. The third-order valence-electron chi connectivity index (χ3n) is 2.92. The summed E-state index contributed by atoms with van der Waals surface area (Å²) in [4.78, 5) is 2.57. The van der Waals surface area contributed by atoms with Crippen molar-refractivity contribution >= 4 is 0 Å². The minimum atomic E-state index is 0.437. The predicted octanol–water partition coefficient (Wildman–Crippen LogP) is 1.99. The zero-order valence-electron chi connectivity index (χ0n) is 8.97. The molecule has 2 nitrogen and oxygen atoms in total. The van der Waals surface area contributed by atoms with Crippen molar-refractivity contribution in [2.75, 3.05) is 19.6 Å². The van der Waals surface area contributed by atoms with Gasteiger partial charge in [0.05, 0.1) is 0 Å². The van der Waals surface area contributed by atoms with Crippen molar-refractivity contribution in [2.24, 2.45) is 5.73 Å². The second kappa shape index (κ2) is 6.39. The summed E-state index contributed by atoms with van der Waals surface area (Å²) >= 11 is 0. The maximum Gasteiger partial charge on any atom is 0.00509 e. The summed E-state index contributed by atoms with van der Waals surface area (Å²) in [5, 5.41) is 0. The lowest BCUT2D eigenvalue weighted by atomic mass is 10.1. The lowest BCUT2D eigenvalue weighted by molar-refractivity contribution is 0.220. The molecule has 13 heavy (non-hydrogen) atoms. The van der Waals surface area contributed by atoms with Crippen molar-refractivity contribution in [3.05, 3.63) is 0 Å². The fraction of sp³-hybridized carbons (Fsp3) is 1.00. The standard InChI is InChI=1S/C11H24N2/c1-2-6-11(12)7-10-13-8-4-3-5-9-13/h11H,2-10,12H2,1H3. The van der Waals surface area contributed by atoms with Gasteiger partial charge in [-0.05, 0) is 45.3 Å². The first kappa shape index (κ1) is 11.0. The molecule has 0 aromatic carbocycles. The second-order valence-electron chi connectivity index (χ2n) is 4.24. The summed E-state index contributed by atoms with van der Waals surface area (Å²) < 4.78 is 0. The summed E-state index contributed by atoms with van der Waals surface area (Å²) in [5.41, 5.74) is 5.97. The van der Waals surface area contributed by atoms with E-state index in [-0.39, 0.29) is 0 Å². The fourth-order valence-corrected chi connectivity index (χ4v) is 2.05. The maximum atomic E-state index is 5.97. The smallest absolute Gasteiger partial charge is 0.00509 e. The van der Waals surface area contributed by atoms with Gasteiger partial charge in [-0.2, -0.15) is 0 Å². The van der Waals surface area contributed by atoms with E-state index >= 15 is 0 Å². The van der Waals surface area contributed by atoms with Gasteiger partial charge in [-0.25, -0.2) is 0 Å². The number of nitrogens with two attached hydrogens (primary N) is 1. The normalized spacial score (nSPS) is 21.7. The summed E-state index contributed by atoms with van der Waals surface area (Å²) in [6, 6.07) is 0.437. The summed E-state index contributed by atoms with van der Waals surface area (Å²) in [6.45, 7) is 6.04. The van der Waals surface area contributed by atoms with E-state index in [1.807, 2.05) is 0 Å². The number of hydrogen-bond acceptors (Lipinski definition) is 2. The van der Waals surface area contributed by atoms with Crippen molar-refractivity contribution < 1.29 is 0 Å². The zero-order valence-corrected chi connectivity index (χ0v) is 8.97. The van der Waals surface area contributed by atoms with Crippen LogP contribution in [0.1, 0.15) is 45.4 Å². The largest absolute Gasteiger partial charge is 0.328 e. The molecule has 0 radical (unpaired) electrons. The summed E-state index contributed by atoms with van der Waals surface area (Å²) in [7, 11) is 0. The van der Waals surface area contributed by atoms with E-state index in [1.54, 1.807) is 0 Å². The van der Waals surface area contributed by atoms with Crippen LogP contribution < -0.4 is 5.73 Å². The Bertz CT molecular complexity index is 119. The van der Waals surface area contributed by atoms with Gasteiger partial charge in [-0.1, -0.05) is 19.8 Å². The van der Waals surface area contributed by atoms with Crippen LogP contribution >= 0.6 is 0 Å². The first-order valence-electron chi connectivity index (χ1n) is 5.81. The Labute approximate surface area is 82.5 Å². The van der Waals surface area contributed by atoms with Gasteiger partial charge in [0.25, 0.3) is 0 Å². The van der Waals surface area contributed by atoms with Gasteiger partial charge in [-0.15, -0.1) is 0 Å². The molecule has 2 heteroatoms. The van der Waals surface area contributed by atoms with Gasteiger partial charge in [0, 0.05) is 6.04 Å². The van der Waals surface area contributed by atoms with Gasteiger partial charge in [0.15, 0.2) is 0 Å². The van der Waals surface area contributed by atoms with Crippen molar-refractivity contribution in [1.29, 1.82) is 0 Å². The van der Waals surface area contributed by atoms with E-state index in [1.165, 1.54) is 58.2 Å². The topological polar surface area (TPSA) is 29.3 Å². The lowest BCUT2D eigenvalue weighted by Gasteiger charge is -2.27. The molecule has 1 fully saturated rings. The van der Waals surface area contributed by atoms with Crippen LogP contribution in [0.2, 0.25) is 0 Å². The molecule has 0 saturated carbocycles. The van der Waals surface area contributed by atoms with Crippen LogP contribution in [-0.4, -0.2) is 30.6 Å². The Balaban J connectivity index is 2.03. The predicted molar refractivity (Wildman–Crippen MR) is 57.8 cm³/mol. The molecular weight excluding hydrogens is 160 g/mol. The van der Waals surface area contributed by atoms with Crippen molar-refractivity contribution in [1.82, 2.24) is 4.90 Å². The first-order valence-corrected chi connectivity index (χ1v) is 5.81. The lowest BCUT2D eigenvalue weighted by Crippen LogP contribution is -2.34. The highest BCUT2D eigenvalue weighted by atomic mass is 15.1. The zero-order chi connectivity index (χ0) is 9.52. The third-order valence-corrected chi connectivity index (χ3v) is 2.92. The van der Waals surface area contributed by atoms with E-state index in [4.69, 9.17) is 5.73 Å². The first-order chi connectivity index (χ1) is 6.33. The van der Waals surface area contributed by atoms with Crippen molar-refractivity contribution in [3.63, 3.8) is 0 Å². The van der Waals surface area contributed by atoms with E-state index in [0.717, 1.165) is 0 Å². The van der Waals surface area contributed by atoms with Crippen LogP contribution in [0, 0.1) is 0 Å². The molecule has 1 aliphatic rings. The Kier molecular flexibility index (Phi) is 5.40. The van der Waals surface area contributed by atoms with Crippen LogP contribution in [0.4, 0.5) is 0 Å². The quantitative estimate of drug-likeness (QED) is 0.708. The molecule has 0 aliphatic carbocycles. The van der Waals surface area contributed by atoms with Gasteiger partial charge in [0.1, 0.15) is 0 Å². The average Bonchev–Trinajstić information content (AvgIpc) is 2.17. The number of rotatable bonds is 5. The Hall–Kier alpha value is -0.0800.